The van der Waals surface area contributed by atoms with E-state index in [0.29, 0.717) is 23.1 Å². The molecule has 1 aromatic rings. The summed E-state index contributed by atoms with van der Waals surface area (Å²) < 4.78 is 13.9. The van der Waals surface area contributed by atoms with Crippen LogP contribution < -0.4 is 5.32 Å². The van der Waals surface area contributed by atoms with Gasteiger partial charge >= 0.3 is 0 Å². The highest BCUT2D eigenvalue weighted by Gasteiger charge is 2.29. The number of likely N-dealkylation sites (tertiary alicyclic amines) is 1. The summed E-state index contributed by atoms with van der Waals surface area (Å²) in [5, 5.41) is 2.97. The molecule has 0 aromatic heterocycles. The van der Waals surface area contributed by atoms with Crippen LogP contribution in [-0.4, -0.2) is 35.8 Å². The number of hydrogen-bond donors (Lipinski definition) is 1. The molecule has 0 atom stereocenters. The number of amides is 2. The van der Waals surface area contributed by atoms with Gasteiger partial charge in [0.2, 0.25) is 5.91 Å². The molecular weight excluding hydrogens is 387 g/mol. The first kappa shape index (κ1) is 18.4. The molecule has 1 aliphatic heterocycles. The molecule has 6 heteroatoms. The van der Waals surface area contributed by atoms with E-state index in [1.165, 1.54) is 24.6 Å². The number of nitrogens with zero attached hydrogens (tertiary/aromatic N) is 1. The van der Waals surface area contributed by atoms with E-state index in [-0.39, 0.29) is 23.8 Å². The summed E-state index contributed by atoms with van der Waals surface area (Å²) in [5.74, 6) is -0.217. The zero-order valence-corrected chi connectivity index (χ0v) is 15.9. The molecule has 0 spiro atoms. The van der Waals surface area contributed by atoms with Crippen LogP contribution in [0.2, 0.25) is 0 Å². The van der Waals surface area contributed by atoms with Gasteiger partial charge in [-0.3, -0.25) is 9.59 Å². The van der Waals surface area contributed by atoms with Crippen LogP contribution in [0.1, 0.15) is 55.3 Å². The Morgan fingerprint density at radius 3 is 2.44 bits per heavy atom. The smallest absolute Gasteiger partial charge is 0.252 e. The van der Waals surface area contributed by atoms with Gasteiger partial charge in [0.25, 0.3) is 5.91 Å². The molecule has 1 aromatic carbocycles. The summed E-state index contributed by atoms with van der Waals surface area (Å²) in [6.45, 7) is 1.37. The number of nitrogens with one attached hydrogen (secondary N) is 1. The van der Waals surface area contributed by atoms with E-state index in [9.17, 15) is 14.0 Å². The predicted octanol–water partition coefficient (Wildman–Crippen LogP) is 3.89. The van der Waals surface area contributed by atoms with Crippen LogP contribution in [0.25, 0.3) is 0 Å². The van der Waals surface area contributed by atoms with Gasteiger partial charge in [-0.1, -0.05) is 19.3 Å². The second kappa shape index (κ2) is 8.30. The molecule has 0 unspecified atom stereocenters. The maximum absolute atomic E-state index is 13.4. The van der Waals surface area contributed by atoms with E-state index >= 15 is 0 Å². The van der Waals surface area contributed by atoms with E-state index in [1.54, 1.807) is 0 Å². The van der Waals surface area contributed by atoms with Crippen molar-refractivity contribution in [3.8, 4) is 0 Å². The fraction of sp³-hybridized carbons (Fsp3) is 0.579. The van der Waals surface area contributed by atoms with Crippen molar-refractivity contribution in [2.45, 2.75) is 51.0 Å². The number of halogens is 2. The summed E-state index contributed by atoms with van der Waals surface area (Å²) in [6.07, 6.45) is 7.09. The van der Waals surface area contributed by atoms with Crippen molar-refractivity contribution >= 4 is 27.7 Å². The Bertz CT molecular complexity index is 638. The van der Waals surface area contributed by atoms with Crippen molar-refractivity contribution in [3.63, 3.8) is 0 Å². The fourth-order valence-corrected chi connectivity index (χ4v) is 4.21. The van der Waals surface area contributed by atoms with E-state index in [1.807, 2.05) is 4.90 Å². The normalized spacial score (nSPS) is 19.7. The van der Waals surface area contributed by atoms with E-state index < -0.39 is 5.82 Å². The maximum Gasteiger partial charge on any atom is 0.252 e. The molecule has 2 aliphatic rings. The van der Waals surface area contributed by atoms with Crippen LogP contribution >= 0.6 is 15.9 Å². The van der Waals surface area contributed by atoms with Crippen LogP contribution in [0, 0.1) is 11.7 Å². The van der Waals surface area contributed by atoms with Crippen molar-refractivity contribution in [1.82, 2.24) is 10.2 Å². The molecule has 4 nitrogen and oxygen atoms in total. The number of carbonyl (C=O) groups is 2. The minimum atomic E-state index is -0.429. The second-order valence-electron chi connectivity index (χ2n) is 7.03. The SMILES string of the molecule is O=C(NC1CCN(C(=O)C2CCCCC2)CC1)c1cc(F)ccc1Br. The molecule has 2 amide bonds. The zero-order valence-electron chi connectivity index (χ0n) is 14.3. The first-order valence-electron chi connectivity index (χ1n) is 9.09. The lowest BCUT2D eigenvalue weighted by Gasteiger charge is -2.35. The third-order valence-corrected chi connectivity index (χ3v) is 5.96. The quantitative estimate of drug-likeness (QED) is 0.821. The topological polar surface area (TPSA) is 49.4 Å². The third kappa shape index (κ3) is 4.60. The highest BCUT2D eigenvalue weighted by atomic mass is 79.9. The molecular formula is C19H24BrFN2O2. The molecule has 1 heterocycles. The molecule has 0 bridgehead atoms. The molecule has 1 N–H and O–H groups in total. The molecule has 3 rings (SSSR count). The van der Waals surface area contributed by atoms with Gasteiger partial charge in [0, 0.05) is 29.5 Å². The Balaban J connectivity index is 1.51. The van der Waals surface area contributed by atoms with Gasteiger partial charge in [0.05, 0.1) is 5.56 Å². The first-order valence-corrected chi connectivity index (χ1v) is 9.88. The van der Waals surface area contributed by atoms with Crippen molar-refractivity contribution in [1.29, 1.82) is 0 Å². The minimum absolute atomic E-state index is 0.0260. The van der Waals surface area contributed by atoms with E-state index in [0.717, 1.165) is 38.5 Å². The van der Waals surface area contributed by atoms with Crippen molar-refractivity contribution in [3.05, 3.63) is 34.1 Å². The third-order valence-electron chi connectivity index (χ3n) is 5.27. The van der Waals surface area contributed by atoms with Crippen LogP contribution in [-0.2, 0) is 4.79 Å². The number of carbonyl (C=O) groups excluding carboxylic acids is 2. The lowest BCUT2D eigenvalue weighted by atomic mass is 9.87. The summed E-state index contributed by atoms with van der Waals surface area (Å²) in [7, 11) is 0. The standard InChI is InChI=1S/C19H24BrFN2O2/c20-17-7-6-14(21)12-16(17)18(24)22-15-8-10-23(11-9-15)19(25)13-4-2-1-3-5-13/h6-7,12-13,15H,1-5,8-11H2,(H,22,24). The van der Waals surface area contributed by atoms with Gasteiger partial charge in [-0.2, -0.15) is 0 Å². The van der Waals surface area contributed by atoms with Crippen molar-refractivity contribution in [2.24, 2.45) is 5.92 Å². The monoisotopic (exact) mass is 410 g/mol. The molecule has 25 heavy (non-hydrogen) atoms. The summed E-state index contributed by atoms with van der Waals surface area (Å²) in [5.41, 5.74) is 0.306. The van der Waals surface area contributed by atoms with Crippen molar-refractivity contribution < 1.29 is 14.0 Å². The van der Waals surface area contributed by atoms with Gasteiger partial charge in [-0.15, -0.1) is 0 Å². The summed E-state index contributed by atoms with van der Waals surface area (Å²) >= 11 is 3.29. The number of piperidine rings is 1. The Labute approximate surface area is 156 Å². The van der Waals surface area contributed by atoms with Crippen LogP contribution in [0.4, 0.5) is 4.39 Å². The Kier molecular flexibility index (Phi) is 6.10. The lowest BCUT2D eigenvalue weighted by molar-refractivity contribution is -0.137. The minimum Gasteiger partial charge on any atom is -0.349 e. The predicted molar refractivity (Wildman–Crippen MR) is 97.7 cm³/mol. The highest BCUT2D eigenvalue weighted by molar-refractivity contribution is 9.10. The molecule has 2 fully saturated rings. The molecule has 1 saturated heterocycles. The largest absolute Gasteiger partial charge is 0.349 e. The van der Waals surface area contributed by atoms with Gasteiger partial charge in [-0.25, -0.2) is 4.39 Å². The maximum atomic E-state index is 13.4. The molecule has 1 aliphatic carbocycles. The van der Waals surface area contributed by atoms with Gasteiger partial charge in [0.1, 0.15) is 5.82 Å². The van der Waals surface area contributed by atoms with Crippen LogP contribution in [0.5, 0.6) is 0 Å². The van der Waals surface area contributed by atoms with Gasteiger partial charge in [0.15, 0.2) is 0 Å². The first-order chi connectivity index (χ1) is 12.0. The van der Waals surface area contributed by atoms with Crippen LogP contribution in [0.3, 0.4) is 0 Å². The van der Waals surface area contributed by atoms with Gasteiger partial charge in [-0.05, 0) is 59.8 Å². The molecule has 0 radical (unpaired) electrons. The summed E-state index contributed by atoms with van der Waals surface area (Å²) in [4.78, 5) is 26.9. The fourth-order valence-electron chi connectivity index (χ4n) is 3.79. The summed E-state index contributed by atoms with van der Waals surface area (Å²) in [6, 6.07) is 4.12. The average Bonchev–Trinajstić information content (AvgIpc) is 2.64. The Hall–Kier alpha value is -1.43. The number of rotatable bonds is 3. The van der Waals surface area contributed by atoms with E-state index in [2.05, 4.69) is 21.2 Å². The van der Waals surface area contributed by atoms with Crippen molar-refractivity contribution in [2.75, 3.05) is 13.1 Å². The zero-order chi connectivity index (χ0) is 17.8. The highest BCUT2D eigenvalue weighted by Crippen LogP contribution is 2.27. The lowest BCUT2D eigenvalue weighted by Crippen LogP contribution is -2.48. The molecule has 136 valence electrons. The Morgan fingerprint density at radius 1 is 1.08 bits per heavy atom. The number of hydrogen-bond acceptors (Lipinski definition) is 2. The van der Waals surface area contributed by atoms with Crippen LogP contribution in [0.15, 0.2) is 22.7 Å². The Morgan fingerprint density at radius 2 is 1.76 bits per heavy atom. The van der Waals surface area contributed by atoms with Gasteiger partial charge < -0.3 is 10.2 Å². The van der Waals surface area contributed by atoms with E-state index in [4.69, 9.17) is 0 Å². The number of benzene rings is 1. The second-order valence-corrected chi connectivity index (χ2v) is 7.89. The average molecular weight is 411 g/mol. The molecule has 1 saturated carbocycles.